The minimum Gasteiger partial charge on any atom is -0.357 e. The van der Waals surface area contributed by atoms with Crippen molar-refractivity contribution in [2.75, 3.05) is 19.3 Å². The van der Waals surface area contributed by atoms with E-state index in [2.05, 4.69) is 27.3 Å². The van der Waals surface area contributed by atoms with Crippen molar-refractivity contribution >= 4 is 16.0 Å². The van der Waals surface area contributed by atoms with Crippen LogP contribution in [0.3, 0.4) is 0 Å². The second-order valence-electron chi connectivity index (χ2n) is 7.07. The molecule has 22 heavy (non-hydrogen) atoms. The van der Waals surface area contributed by atoms with Gasteiger partial charge in [-0.15, -0.1) is 0 Å². The van der Waals surface area contributed by atoms with Crippen molar-refractivity contribution in [1.82, 2.24) is 15.4 Å². The van der Waals surface area contributed by atoms with Gasteiger partial charge in [0.05, 0.1) is 12.8 Å². The van der Waals surface area contributed by atoms with E-state index in [9.17, 15) is 8.42 Å². The first-order chi connectivity index (χ1) is 10.1. The third-order valence-corrected chi connectivity index (χ3v) is 4.64. The monoisotopic (exact) mass is 332 g/mol. The molecular weight excluding hydrogens is 300 g/mol. The summed E-state index contributed by atoms with van der Waals surface area (Å²) in [4.78, 5) is 4.56. The molecule has 0 saturated heterocycles. The van der Waals surface area contributed by atoms with E-state index < -0.39 is 15.6 Å². The third-order valence-electron chi connectivity index (χ3n) is 3.72. The largest absolute Gasteiger partial charge is 0.357 e. The van der Waals surface area contributed by atoms with Gasteiger partial charge in [0.1, 0.15) is 0 Å². The lowest BCUT2D eigenvalue weighted by molar-refractivity contribution is 0.324. The summed E-state index contributed by atoms with van der Waals surface area (Å²) in [6.45, 7) is 9.16. The second kappa shape index (κ2) is 8.15. The van der Waals surface area contributed by atoms with Crippen molar-refractivity contribution in [2.45, 2.75) is 65.0 Å². The second-order valence-corrected chi connectivity index (χ2v) is 8.81. The predicted molar refractivity (Wildman–Crippen MR) is 92.6 cm³/mol. The molecular formula is C15H32N4O2S. The van der Waals surface area contributed by atoms with Crippen LogP contribution in [0.5, 0.6) is 0 Å². The topological polar surface area (TPSA) is 82.6 Å². The van der Waals surface area contributed by atoms with Crippen LogP contribution in [-0.2, 0) is 10.0 Å². The molecule has 1 fully saturated rings. The molecule has 0 aromatic rings. The molecule has 6 nitrogen and oxygen atoms in total. The van der Waals surface area contributed by atoms with Crippen LogP contribution in [0.2, 0.25) is 0 Å². The Morgan fingerprint density at radius 1 is 1.32 bits per heavy atom. The zero-order valence-corrected chi connectivity index (χ0v) is 15.4. The highest BCUT2D eigenvalue weighted by molar-refractivity contribution is 7.88. The van der Waals surface area contributed by atoms with Crippen molar-refractivity contribution in [3.63, 3.8) is 0 Å². The van der Waals surface area contributed by atoms with Crippen LogP contribution in [0.15, 0.2) is 4.99 Å². The molecule has 1 aliphatic rings. The van der Waals surface area contributed by atoms with E-state index >= 15 is 0 Å². The molecule has 0 heterocycles. The predicted octanol–water partition coefficient (Wildman–Crippen LogP) is 1.45. The summed E-state index contributed by atoms with van der Waals surface area (Å²) in [7, 11) is -3.24. The molecule has 0 aromatic carbocycles. The van der Waals surface area contributed by atoms with E-state index in [1.54, 1.807) is 0 Å². The minimum absolute atomic E-state index is 0.387. The van der Waals surface area contributed by atoms with E-state index in [1.165, 1.54) is 25.5 Å². The number of hydrogen-bond donors (Lipinski definition) is 3. The Hall–Kier alpha value is -0.820. The molecule has 2 unspecified atom stereocenters. The maximum atomic E-state index is 11.4. The van der Waals surface area contributed by atoms with Gasteiger partial charge in [-0.05, 0) is 39.5 Å². The SMILES string of the molecule is CCNC(=NCC(C)(C)NS(C)(=O)=O)NC1CCCC(C)C1. The summed E-state index contributed by atoms with van der Waals surface area (Å²) in [5.74, 6) is 1.52. The number of guanidine groups is 1. The van der Waals surface area contributed by atoms with Crippen molar-refractivity contribution < 1.29 is 8.42 Å². The number of nitrogens with one attached hydrogen (secondary N) is 3. The molecule has 130 valence electrons. The summed E-state index contributed by atoms with van der Waals surface area (Å²) >= 11 is 0. The van der Waals surface area contributed by atoms with Gasteiger partial charge in [-0.2, -0.15) is 0 Å². The minimum atomic E-state index is -3.24. The first-order valence-electron chi connectivity index (χ1n) is 8.15. The van der Waals surface area contributed by atoms with Crippen molar-refractivity contribution in [3.8, 4) is 0 Å². The molecule has 2 atom stereocenters. The van der Waals surface area contributed by atoms with Gasteiger partial charge in [0, 0.05) is 18.1 Å². The number of hydrogen-bond acceptors (Lipinski definition) is 3. The third kappa shape index (κ3) is 7.98. The molecule has 3 N–H and O–H groups in total. The fourth-order valence-electron chi connectivity index (χ4n) is 2.89. The quantitative estimate of drug-likeness (QED) is 0.508. The highest BCUT2D eigenvalue weighted by Crippen LogP contribution is 2.23. The molecule has 0 aromatic heterocycles. The Morgan fingerprint density at radius 2 is 2.00 bits per heavy atom. The Labute approximate surface area is 135 Å². The van der Waals surface area contributed by atoms with Gasteiger partial charge in [0.2, 0.25) is 10.0 Å². The lowest BCUT2D eigenvalue weighted by atomic mass is 9.87. The Bertz CT molecular complexity index is 474. The summed E-state index contributed by atoms with van der Waals surface area (Å²) in [5.41, 5.74) is -0.601. The summed E-state index contributed by atoms with van der Waals surface area (Å²) < 4.78 is 25.4. The van der Waals surface area contributed by atoms with Gasteiger partial charge < -0.3 is 10.6 Å². The standard InChI is InChI=1S/C15H32N4O2S/c1-6-16-14(18-13-9-7-8-12(2)10-13)17-11-15(3,4)19-22(5,20)21/h12-13,19H,6-11H2,1-5H3,(H2,16,17,18). The van der Waals surface area contributed by atoms with Crippen LogP contribution >= 0.6 is 0 Å². The van der Waals surface area contributed by atoms with Crippen LogP contribution < -0.4 is 15.4 Å². The van der Waals surface area contributed by atoms with Gasteiger partial charge in [0.15, 0.2) is 5.96 Å². The van der Waals surface area contributed by atoms with Crippen molar-refractivity contribution in [3.05, 3.63) is 0 Å². The lowest BCUT2D eigenvalue weighted by Crippen LogP contribution is -2.48. The first kappa shape index (κ1) is 19.2. The van der Waals surface area contributed by atoms with Gasteiger partial charge in [-0.3, -0.25) is 4.99 Å². The van der Waals surface area contributed by atoms with Crippen molar-refractivity contribution in [2.24, 2.45) is 10.9 Å². The molecule has 0 spiro atoms. The zero-order valence-electron chi connectivity index (χ0n) is 14.6. The molecule has 0 amide bonds. The fourth-order valence-corrected chi connectivity index (χ4v) is 3.96. The van der Waals surface area contributed by atoms with Crippen LogP contribution in [0.25, 0.3) is 0 Å². The Kier molecular flexibility index (Phi) is 7.12. The maximum absolute atomic E-state index is 11.4. The molecule has 0 aliphatic heterocycles. The summed E-state index contributed by atoms with van der Waals surface area (Å²) in [6, 6.07) is 0.451. The van der Waals surface area contributed by atoms with E-state index in [0.717, 1.165) is 24.8 Å². The Morgan fingerprint density at radius 3 is 2.55 bits per heavy atom. The van der Waals surface area contributed by atoms with Gasteiger partial charge in [-0.25, -0.2) is 13.1 Å². The molecule has 1 aliphatic carbocycles. The summed E-state index contributed by atoms with van der Waals surface area (Å²) in [5, 5.41) is 6.73. The zero-order chi connectivity index (χ0) is 16.8. The summed E-state index contributed by atoms with van der Waals surface area (Å²) in [6.07, 6.45) is 6.05. The van der Waals surface area contributed by atoms with Crippen molar-refractivity contribution in [1.29, 1.82) is 0 Å². The van der Waals surface area contributed by atoms with Crippen LogP contribution in [0, 0.1) is 5.92 Å². The highest BCUT2D eigenvalue weighted by atomic mass is 32.2. The maximum Gasteiger partial charge on any atom is 0.209 e. The average molecular weight is 333 g/mol. The van der Waals surface area contributed by atoms with E-state index in [1.807, 2.05) is 20.8 Å². The number of sulfonamides is 1. The molecule has 0 radical (unpaired) electrons. The van der Waals surface area contributed by atoms with E-state index in [4.69, 9.17) is 0 Å². The molecule has 1 rings (SSSR count). The van der Waals surface area contributed by atoms with E-state index in [-0.39, 0.29) is 0 Å². The van der Waals surface area contributed by atoms with Gasteiger partial charge >= 0.3 is 0 Å². The highest BCUT2D eigenvalue weighted by Gasteiger charge is 2.23. The number of rotatable bonds is 6. The molecule has 7 heteroatoms. The normalized spacial score (nSPS) is 24.1. The average Bonchev–Trinajstić information content (AvgIpc) is 2.33. The lowest BCUT2D eigenvalue weighted by Gasteiger charge is -2.29. The molecule has 0 bridgehead atoms. The van der Waals surface area contributed by atoms with E-state index in [0.29, 0.717) is 12.6 Å². The smallest absolute Gasteiger partial charge is 0.209 e. The fraction of sp³-hybridized carbons (Fsp3) is 0.933. The number of aliphatic imine (C=N–C) groups is 1. The van der Waals surface area contributed by atoms with Gasteiger partial charge in [0.25, 0.3) is 0 Å². The van der Waals surface area contributed by atoms with Crippen LogP contribution in [-0.4, -0.2) is 45.3 Å². The van der Waals surface area contributed by atoms with Crippen LogP contribution in [0.1, 0.15) is 53.4 Å². The van der Waals surface area contributed by atoms with Gasteiger partial charge in [-0.1, -0.05) is 19.8 Å². The Balaban J connectivity index is 2.64. The first-order valence-corrected chi connectivity index (χ1v) is 10.0. The number of nitrogens with zero attached hydrogens (tertiary/aromatic N) is 1. The van der Waals surface area contributed by atoms with Crippen LogP contribution in [0.4, 0.5) is 0 Å². The molecule has 1 saturated carbocycles.